The molecule has 0 aromatic heterocycles. The summed E-state index contributed by atoms with van der Waals surface area (Å²) in [5.41, 5.74) is 0. The normalized spacial score (nSPS) is 34.5. The molecule has 36 valence electrons. The molecule has 0 radical (unpaired) electrons. The van der Waals surface area contributed by atoms with Gasteiger partial charge in [0.1, 0.15) is 6.73 Å². The molecule has 0 aromatic carbocycles. The van der Waals surface area contributed by atoms with Crippen LogP contribution in [0.25, 0.3) is 0 Å². The molecule has 0 bridgehead atoms. The molecule has 1 aliphatic rings. The Morgan fingerprint density at radius 2 is 2.67 bits per heavy atom. The zero-order valence-corrected chi connectivity index (χ0v) is 3.28. The molecule has 0 aliphatic carbocycles. The second-order valence-corrected chi connectivity index (χ2v) is 1.18. The fourth-order valence-corrected chi connectivity index (χ4v) is 0.381. The molecule has 1 N–H and O–H groups in total. The molecule has 1 rings (SSSR count). The predicted octanol–water partition coefficient (Wildman–Crippen LogP) is -0.141. The van der Waals surface area contributed by atoms with E-state index in [1.807, 2.05) is 0 Å². The van der Waals surface area contributed by atoms with Crippen LogP contribution in [0.2, 0.25) is 0 Å². The molecule has 1 saturated heterocycles. The highest BCUT2D eigenvalue weighted by Gasteiger charge is 2.10. The van der Waals surface area contributed by atoms with Crippen molar-refractivity contribution in [2.75, 3.05) is 13.3 Å². The summed E-state index contributed by atoms with van der Waals surface area (Å²) in [7, 11) is 0. The first-order valence-corrected chi connectivity index (χ1v) is 1.86. The summed E-state index contributed by atoms with van der Waals surface area (Å²) < 4.78 is 16.0. The zero-order chi connectivity index (χ0) is 4.41. The van der Waals surface area contributed by atoms with Gasteiger partial charge in [-0.05, 0) is 0 Å². The van der Waals surface area contributed by atoms with Crippen molar-refractivity contribution in [3.63, 3.8) is 0 Å². The van der Waals surface area contributed by atoms with Crippen molar-refractivity contribution in [3.8, 4) is 0 Å². The highest BCUT2D eigenvalue weighted by Crippen LogP contribution is 1.94. The molecule has 1 unspecified atom stereocenters. The molecule has 0 saturated carbocycles. The molecule has 0 spiro atoms. The van der Waals surface area contributed by atoms with Crippen LogP contribution >= 0.6 is 0 Å². The summed E-state index contributed by atoms with van der Waals surface area (Å²) in [6, 6.07) is 0. The molecule has 0 amide bonds. The van der Waals surface area contributed by atoms with Crippen molar-refractivity contribution in [2.24, 2.45) is 0 Å². The van der Waals surface area contributed by atoms with Gasteiger partial charge in [-0.15, -0.1) is 0 Å². The molecule has 1 aliphatic heterocycles. The number of halogens is 1. The predicted molar refractivity (Wildman–Crippen MR) is 18.9 cm³/mol. The minimum Gasteiger partial charge on any atom is -0.331 e. The second-order valence-electron chi connectivity index (χ2n) is 1.18. The van der Waals surface area contributed by atoms with Crippen LogP contribution in [-0.4, -0.2) is 19.6 Å². The lowest BCUT2D eigenvalue weighted by atomic mass is 10.7. The van der Waals surface area contributed by atoms with E-state index >= 15 is 0 Å². The van der Waals surface area contributed by atoms with Crippen LogP contribution in [0.4, 0.5) is 4.39 Å². The fourth-order valence-electron chi connectivity index (χ4n) is 0.381. The Hall–Kier alpha value is -0.150. The lowest BCUT2D eigenvalue weighted by Crippen LogP contribution is -2.08. The Kier molecular flexibility index (Phi) is 1.03. The van der Waals surface area contributed by atoms with Crippen molar-refractivity contribution in [3.05, 3.63) is 0 Å². The van der Waals surface area contributed by atoms with Crippen LogP contribution in [-0.2, 0) is 4.74 Å². The van der Waals surface area contributed by atoms with Crippen molar-refractivity contribution < 1.29 is 9.13 Å². The Morgan fingerprint density at radius 3 is 2.83 bits per heavy atom. The highest BCUT2D eigenvalue weighted by atomic mass is 19.1. The SMILES string of the molecule is FC1CNCO1. The molecular weight excluding hydrogens is 85.0 g/mol. The van der Waals surface area contributed by atoms with Crippen LogP contribution in [0.5, 0.6) is 0 Å². The van der Waals surface area contributed by atoms with Crippen LogP contribution in [0.1, 0.15) is 0 Å². The number of ether oxygens (including phenoxy) is 1. The van der Waals surface area contributed by atoms with Gasteiger partial charge >= 0.3 is 0 Å². The molecule has 1 fully saturated rings. The Labute approximate surface area is 35.3 Å². The second kappa shape index (κ2) is 1.53. The maximum Gasteiger partial charge on any atom is 0.212 e. The van der Waals surface area contributed by atoms with Gasteiger partial charge in [-0.25, -0.2) is 4.39 Å². The summed E-state index contributed by atoms with van der Waals surface area (Å²) in [6.45, 7) is 0.709. The number of hydrogen-bond donors (Lipinski definition) is 1. The van der Waals surface area contributed by atoms with Crippen LogP contribution in [0.3, 0.4) is 0 Å². The average molecular weight is 91.1 g/mol. The molecule has 6 heavy (non-hydrogen) atoms. The Bertz CT molecular complexity index is 44.1. The van der Waals surface area contributed by atoms with Crippen molar-refractivity contribution >= 4 is 0 Å². The van der Waals surface area contributed by atoms with Crippen LogP contribution < -0.4 is 5.32 Å². The third kappa shape index (κ3) is 0.666. The van der Waals surface area contributed by atoms with Gasteiger partial charge in [0, 0.05) is 0 Å². The van der Waals surface area contributed by atoms with Crippen molar-refractivity contribution in [1.82, 2.24) is 5.32 Å². The minimum absolute atomic E-state index is 0.347. The molecule has 1 atom stereocenters. The summed E-state index contributed by atoms with van der Waals surface area (Å²) >= 11 is 0. The monoisotopic (exact) mass is 91.0 g/mol. The first-order valence-electron chi connectivity index (χ1n) is 1.86. The first kappa shape index (κ1) is 4.02. The lowest BCUT2D eigenvalue weighted by Gasteiger charge is -1.87. The molecule has 3 heteroatoms. The van der Waals surface area contributed by atoms with Gasteiger partial charge < -0.3 is 4.74 Å². The number of alkyl halides is 1. The summed E-state index contributed by atoms with van der Waals surface area (Å²) in [5.74, 6) is 0. The van der Waals surface area contributed by atoms with E-state index in [2.05, 4.69) is 10.1 Å². The van der Waals surface area contributed by atoms with Gasteiger partial charge in [-0.1, -0.05) is 0 Å². The summed E-state index contributed by atoms with van der Waals surface area (Å²) in [4.78, 5) is 0. The fraction of sp³-hybridized carbons (Fsp3) is 1.00. The molecule has 0 aromatic rings. The minimum atomic E-state index is -1.06. The lowest BCUT2D eigenvalue weighted by molar-refractivity contribution is 0.0155. The van der Waals surface area contributed by atoms with E-state index in [1.165, 1.54) is 0 Å². The topological polar surface area (TPSA) is 21.3 Å². The molecule has 2 nitrogen and oxygen atoms in total. The van der Waals surface area contributed by atoms with Crippen LogP contribution in [0, 0.1) is 0 Å². The van der Waals surface area contributed by atoms with E-state index in [9.17, 15) is 4.39 Å². The van der Waals surface area contributed by atoms with E-state index in [1.54, 1.807) is 0 Å². The van der Waals surface area contributed by atoms with Gasteiger partial charge in [0.05, 0.1) is 6.54 Å². The van der Waals surface area contributed by atoms with E-state index in [-0.39, 0.29) is 0 Å². The number of rotatable bonds is 0. The van der Waals surface area contributed by atoms with Gasteiger partial charge in [-0.3, -0.25) is 5.32 Å². The quantitative estimate of drug-likeness (QED) is 0.448. The van der Waals surface area contributed by atoms with Crippen LogP contribution in [0.15, 0.2) is 0 Å². The van der Waals surface area contributed by atoms with Gasteiger partial charge in [0.15, 0.2) is 0 Å². The molecular formula is C3H6FNO. The van der Waals surface area contributed by atoms with E-state index in [4.69, 9.17) is 0 Å². The Morgan fingerprint density at radius 1 is 1.83 bits per heavy atom. The van der Waals surface area contributed by atoms with Crippen molar-refractivity contribution in [2.45, 2.75) is 6.36 Å². The van der Waals surface area contributed by atoms with E-state index in [0.29, 0.717) is 13.3 Å². The first-order chi connectivity index (χ1) is 2.89. The maximum atomic E-state index is 11.6. The standard InChI is InChI=1S/C3H6FNO/c4-3-1-5-2-6-3/h3,5H,1-2H2. The smallest absolute Gasteiger partial charge is 0.212 e. The van der Waals surface area contributed by atoms with Gasteiger partial charge in [-0.2, -0.15) is 0 Å². The third-order valence-corrected chi connectivity index (χ3v) is 0.671. The van der Waals surface area contributed by atoms with E-state index < -0.39 is 6.36 Å². The van der Waals surface area contributed by atoms with E-state index in [0.717, 1.165) is 0 Å². The summed E-state index contributed by atoms with van der Waals surface area (Å²) in [6.07, 6.45) is -1.06. The summed E-state index contributed by atoms with van der Waals surface area (Å²) in [5, 5.41) is 2.67. The van der Waals surface area contributed by atoms with Crippen molar-refractivity contribution in [1.29, 1.82) is 0 Å². The largest absolute Gasteiger partial charge is 0.331 e. The number of hydrogen-bond acceptors (Lipinski definition) is 2. The number of nitrogens with one attached hydrogen (secondary N) is 1. The van der Waals surface area contributed by atoms with Gasteiger partial charge in [0.2, 0.25) is 6.36 Å². The maximum absolute atomic E-state index is 11.6. The molecule has 1 heterocycles. The highest BCUT2D eigenvalue weighted by molar-refractivity contribution is 4.51. The Balaban J connectivity index is 2.18. The third-order valence-electron chi connectivity index (χ3n) is 0.671. The zero-order valence-electron chi connectivity index (χ0n) is 3.28. The average Bonchev–Trinajstić information content (AvgIpc) is 1.86. The van der Waals surface area contributed by atoms with Gasteiger partial charge in [0.25, 0.3) is 0 Å².